The first kappa shape index (κ1) is 22.6. The Kier molecular flexibility index (Phi) is 6.54. The quantitative estimate of drug-likeness (QED) is 0.609. The van der Waals surface area contributed by atoms with E-state index < -0.39 is 41.1 Å². The molecule has 0 aliphatic heterocycles. The second kappa shape index (κ2) is 8.38. The van der Waals surface area contributed by atoms with Crippen molar-refractivity contribution in [3.8, 4) is 5.75 Å². The van der Waals surface area contributed by atoms with Crippen molar-refractivity contribution in [1.82, 2.24) is 5.32 Å². The van der Waals surface area contributed by atoms with Crippen LogP contribution in [-0.4, -0.2) is 30.3 Å². The number of rotatable bonds is 7. The number of carbonyl (C=O) groups excluding carboxylic acids is 1. The Labute approximate surface area is 165 Å². The van der Waals surface area contributed by atoms with Gasteiger partial charge in [-0.05, 0) is 37.6 Å². The van der Waals surface area contributed by atoms with Crippen LogP contribution in [0.3, 0.4) is 0 Å². The van der Waals surface area contributed by atoms with E-state index in [0.717, 1.165) is 18.2 Å². The molecule has 2 atom stereocenters. The number of alkyl halides is 3. The summed E-state index contributed by atoms with van der Waals surface area (Å²) in [5.74, 6) is -2.27. The van der Waals surface area contributed by atoms with Crippen molar-refractivity contribution in [1.29, 1.82) is 0 Å². The third-order valence-corrected chi connectivity index (χ3v) is 4.48. The van der Waals surface area contributed by atoms with Crippen LogP contribution in [0.1, 0.15) is 25.0 Å². The summed E-state index contributed by atoms with van der Waals surface area (Å²) in [7, 11) is 0. The van der Waals surface area contributed by atoms with E-state index in [0.29, 0.717) is 0 Å². The Hall–Kier alpha value is -2.65. The highest BCUT2D eigenvalue weighted by Crippen LogP contribution is 2.41. The number of amides is 1. The number of benzene rings is 2. The molecule has 0 aromatic heterocycles. The molecule has 0 aliphatic carbocycles. The van der Waals surface area contributed by atoms with Gasteiger partial charge < -0.3 is 20.9 Å². The molecule has 2 aromatic carbocycles. The molecule has 0 fully saturated rings. The fraction of sp³-hybridized carbons (Fsp3) is 0.350. The lowest BCUT2D eigenvalue weighted by Gasteiger charge is -2.33. The molecular formula is C20H22F4N2O3. The van der Waals surface area contributed by atoms with Gasteiger partial charge in [-0.25, -0.2) is 4.39 Å². The monoisotopic (exact) mass is 414 g/mol. The molecule has 9 heteroatoms. The van der Waals surface area contributed by atoms with E-state index in [1.807, 2.05) is 0 Å². The highest BCUT2D eigenvalue weighted by Gasteiger charge is 2.60. The van der Waals surface area contributed by atoms with Gasteiger partial charge in [0.15, 0.2) is 0 Å². The van der Waals surface area contributed by atoms with E-state index >= 15 is 0 Å². The average Bonchev–Trinajstić information content (AvgIpc) is 2.65. The molecule has 0 unspecified atom stereocenters. The standard InChI is InChI=1S/C20H22F4N2O3/c1-3-29-16-7-5-4-6-15(16)19(25,20(22,23)24)17(27)26-12-18(2,28)13-8-10-14(21)11-9-13/h4-11,28H,3,12,25H2,1-2H3,(H,26,27)/t18-,19-/m1/s1. The van der Waals surface area contributed by atoms with Gasteiger partial charge in [-0.2, -0.15) is 13.2 Å². The van der Waals surface area contributed by atoms with E-state index in [4.69, 9.17) is 10.5 Å². The maximum absolute atomic E-state index is 13.9. The third kappa shape index (κ3) is 4.68. The second-order valence-electron chi connectivity index (χ2n) is 6.70. The van der Waals surface area contributed by atoms with E-state index in [1.54, 1.807) is 6.92 Å². The van der Waals surface area contributed by atoms with Gasteiger partial charge in [-0.3, -0.25) is 4.79 Å². The fourth-order valence-electron chi connectivity index (χ4n) is 2.78. The van der Waals surface area contributed by atoms with Crippen LogP contribution in [0.5, 0.6) is 5.75 Å². The molecule has 0 radical (unpaired) electrons. The van der Waals surface area contributed by atoms with Gasteiger partial charge in [-0.1, -0.05) is 30.3 Å². The zero-order chi connectivity index (χ0) is 21.9. The summed E-state index contributed by atoms with van der Waals surface area (Å²) in [6.45, 7) is 2.36. The van der Waals surface area contributed by atoms with Crippen molar-refractivity contribution < 1.29 is 32.2 Å². The minimum Gasteiger partial charge on any atom is -0.494 e. The smallest absolute Gasteiger partial charge is 0.419 e. The Bertz CT molecular complexity index is 854. The van der Waals surface area contributed by atoms with Gasteiger partial charge >= 0.3 is 6.18 Å². The number of hydrogen-bond acceptors (Lipinski definition) is 4. The Morgan fingerprint density at radius 1 is 1.14 bits per heavy atom. The van der Waals surface area contributed by atoms with Gasteiger partial charge in [0.25, 0.3) is 5.91 Å². The van der Waals surface area contributed by atoms with Crippen LogP contribution in [0.25, 0.3) is 0 Å². The lowest BCUT2D eigenvalue weighted by atomic mass is 9.87. The van der Waals surface area contributed by atoms with E-state index in [9.17, 15) is 27.5 Å². The molecule has 158 valence electrons. The van der Waals surface area contributed by atoms with Gasteiger partial charge in [0.05, 0.1) is 13.2 Å². The zero-order valence-corrected chi connectivity index (χ0v) is 15.9. The van der Waals surface area contributed by atoms with Crippen molar-refractivity contribution in [3.63, 3.8) is 0 Å². The van der Waals surface area contributed by atoms with Crippen LogP contribution < -0.4 is 15.8 Å². The van der Waals surface area contributed by atoms with Crippen LogP contribution in [0.15, 0.2) is 48.5 Å². The number of hydrogen-bond donors (Lipinski definition) is 3. The second-order valence-corrected chi connectivity index (χ2v) is 6.70. The molecule has 0 saturated heterocycles. The van der Waals surface area contributed by atoms with Crippen LogP contribution in [0, 0.1) is 5.82 Å². The lowest BCUT2D eigenvalue weighted by Crippen LogP contribution is -2.61. The normalized spacial score (nSPS) is 15.9. The van der Waals surface area contributed by atoms with Gasteiger partial charge in [-0.15, -0.1) is 0 Å². The lowest BCUT2D eigenvalue weighted by molar-refractivity contribution is -0.195. The van der Waals surface area contributed by atoms with Crippen LogP contribution in [-0.2, 0) is 15.9 Å². The van der Waals surface area contributed by atoms with Crippen molar-refractivity contribution >= 4 is 5.91 Å². The van der Waals surface area contributed by atoms with Gasteiger partial charge in [0.1, 0.15) is 17.2 Å². The summed E-state index contributed by atoms with van der Waals surface area (Å²) >= 11 is 0. The molecule has 0 bridgehead atoms. The molecule has 1 amide bonds. The SMILES string of the molecule is CCOc1ccccc1[C@@](N)(C(=O)NC[C@@](C)(O)c1ccc(F)cc1)C(F)(F)F. The van der Waals surface area contributed by atoms with Crippen molar-refractivity contribution in [3.05, 3.63) is 65.5 Å². The molecule has 4 N–H and O–H groups in total. The van der Waals surface area contributed by atoms with Crippen molar-refractivity contribution in [2.75, 3.05) is 13.2 Å². The maximum Gasteiger partial charge on any atom is 0.419 e. The molecule has 5 nitrogen and oxygen atoms in total. The number of ether oxygens (including phenoxy) is 1. The van der Waals surface area contributed by atoms with Gasteiger partial charge in [0, 0.05) is 5.56 Å². The average molecular weight is 414 g/mol. The highest BCUT2D eigenvalue weighted by molar-refractivity contribution is 5.89. The van der Waals surface area contributed by atoms with E-state index in [2.05, 4.69) is 5.32 Å². The Morgan fingerprint density at radius 3 is 2.28 bits per heavy atom. The molecule has 0 aliphatic rings. The van der Waals surface area contributed by atoms with Crippen LogP contribution in [0.4, 0.5) is 17.6 Å². The van der Waals surface area contributed by atoms with E-state index in [-0.39, 0.29) is 17.9 Å². The highest BCUT2D eigenvalue weighted by atomic mass is 19.4. The zero-order valence-electron chi connectivity index (χ0n) is 15.9. The van der Waals surface area contributed by atoms with Gasteiger partial charge in [0.2, 0.25) is 5.54 Å². The number of halogens is 4. The summed E-state index contributed by atoms with van der Waals surface area (Å²) < 4.78 is 60.0. The molecule has 0 heterocycles. The first-order valence-electron chi connectivity index (χ1n) is 8.78. The van der Waals surface area contributed by atoms with Crippen molar-refractivity contribution in [2.24, 2.45) is 5.73 Å². The van der Waals surface area contributed by atoms with Crippen molar-refractivity contribution in [2.45, 2.75) is 31.2 Å². The minimum atomic E-state index is -5.15. The fourth-order valence-corrected chi connectivity index (χ4v) is 2.78. The summed E-state index contributed by atoms with van der Waals surface area (Å²) in [5, 5.41) is 12.6. The minimum absolute atomic E-state index is 0.0752. The molecular weight excluding hydrogens is 392 g/mol. The van der Waals surface area contributed by atoms with Crippen LogP contribution >= 0.6 is 0 Å². The maximum atomic E-state index is 13.9. The largest absolute Gasteiger partial charge is 0.494 e. The summed E-state index contributed by atoms with van der Waals surface area (Å²) in [6.07, 6.45) is -5.15. The van der Waals surface area contributed by atoms with E-state index in [1.165, 1.54) is 37.3 Å². The molecule has 0 saturated carbocycles. The number of nitrogens with one attached hydrogen (secondary N) is 1. The summed E-state index contributed by atoms with van der Waals surface area (Å²) in [5.41, 5.74) is 0.115. The molecule has 29 heavy (non-hydrogen) atoms. The molecule has 2 rings (SSSR count). The molecule has 0 spiro atoms. The first-order chi connectivity index (χ1) is 13.4. The number of aliphatic hydroxyl groups is 1. The third-order valence-electron chi connectivity index (χ3n) is 4.48. The molecule has 2 aromatic rings. The summed E-state index contributed by atoms with van der Waals surface area (Å²) in [4.78, 5) is 12.6. The van der Waals surface area contributed by atoms with Crippen LogP contribution in [0.2, 0.25) is 0 Å². The number of nitrogens with two attached hydrogens (primary N) is 1. The predicted molar refractivity (Wildman–Crippen MR) is 98.5 cm³/mol. The number of para-hydroxylation sites is 1. The summed E-state index contributed by atoms with van der Waals surface area (Å²) in [6, 6.07) is 9.84. The topological polar surface area (TPSA) is 84.6 Å². The number of carbonyl (C=O) groups is 1. The predicted octanol–water partition coefficient (Wildman–Crippen LogP) is 2.96. The Balaban J connectivity index is 2.34. The Morgan fingerprint density at radius 2 is 1.72 bits per heavy atom. The first-order valence-corrected chi connectivity index (χ1v) is 8.78.